The molecule has 1 aromatic rings. The first-order chi connectivity index (χ1) is 7.54. The lowest BCUT2D eigenvalue weighted by molar-refractivity contribution is 0.141. The molecule has 0 bridgehead atoms. The third-order valence-electron chi connectivity index (χ3n) is 2.15. The molecule has 1 rings (SSSR count). The number of anilines is 1. The van der Waals surface area contributed by atoms with E-state index in [1.54, 1.807) is 0 Å². The highest BCUT2D eigenvalue weighted by Crippen LogP contribution is 2.20. The molecule has 0 aliphatic heterocycles. The van der Waals surface area contributed by atoms with Gasteiger partial charge in [-0.3, -0.25) is 0 Å². The average molecular weight is 244 g/mol. The summed E-state index contributed by atoms with van der Waals surface area (Å²) in [5.41, 5.74) is 0.871. The molecule has 0 spiro atoms. The fraction of sp³-hybridized carbons (Fsp3) is 0.636. The summed E-state index contributed by atoms with van der Waals surface area (Å²) >= 11 is 5.98. The van der Waals surface area contributed by atoms with Crippen LogP contribution in [0.25, 0.3) is 0 Å². The van der Waals surface area contributed by atoms with Gasteiger partial charge in [-0.15, -0.1) is 0 Å². The molecule has 0 aliphatic rings. The first-order valence-corrected chi connectivity index (χ1v) is 5.77. The van der Waals surface area contributed by atoms with Gasteiger partial charge < -0.3 is 10.1 Å². The van der Waals surface area contributed by atoms with E-state index in [4.69, 9.17) is 16.3 Å². The van der Waals surface area contributed by atoms with Gasteiger partial charge in [0.25, 0.3) is 0 Å². The summed E-state index contributed by atoms with van der Waals surface area (Å²) in [5.74, 6) is 1.45. The van der Waals surface area contributed by atoms with Crippen molar-refractivity contribution in [1.29, 1.82) is 0 Å². The van der Waals surface area contributed by atoms with Gasteiger partial charge in [-0.1, -0.05) is 11.6 Å². The summed E-state index contributed by atoms with van der Waals surface area (Å²) in [6.45, 7) is 9.11. The van der Waals surface area contributed by atoms with Crippen LogP contribution in [0.4, 0.5) is 5.82 Å². The maximum atomic E-state index is 5.98. The average Bonchev–Trinajstić information content (AvgIpc) is 2.22. The maximum Gasteiger partial charge on any atom is 0.137 e. The van der Waals surface area contributed by atoms with Crippen molar-refractivity contribution in [3.05, 3.63) is 16.5 Å². The molecule has 1 aromatic heterocycles. The molecule has 0 amide bonds. The normalized spacial score (nSPS) is 12.6. The molecule has 1 unspecified atom stereocenters. The van der Waals surface area contributed by atoms with Crippen LogP contribution >= 0.6 is 11.6 Å². The number of aryl methyl sites for hydroxylation is 1. The van der Waals surface area contributed by atoms with Gasteiger partial charge in [-0.25, -0.2) is 9.97 Å². The minimum Gasteiger partial charge on any atom is -0.380 e. The Balaban J connectivity index is 2.72. The van der Waals surface area contributed by atoms with E-state index in [-0.39, 0.29) is 6.04 Å². The molecule has 0 saturated heterocycles. The summed E-state index contributed by atoms with van der Waals surface area (Å²) in [5, 5.41) is 3.76. The van der Waals surface area contributed by atoms with Crippen molar-refractivity contribution < 1.29 is 4.74 Å². The molecule has 90 valence electrons. The molecule has 5 heteroatoms. The summed E-state index contributed by atoms with van der Waals surface area (Å²) in [6.07, 6.45) is 0. The zero-order valence-electron chi connectivity index (χ0n) is 10.2. The second-order valence-corrected chi connectivity index (χ2v) is 4.10. The molecule has 0 aliphatic carbocycles. The van der Waals surface area contributed by atoms with E-state index >= 15 is 0 Å². The highest BCUT2D eigenvalue weighted by molar-refractivity contribution is 6.30. The fourth-order valence-corrected chi connectivity index (χ4v) is 1.52. The Morgan fingerprint density at radius 3 is 2.69 bits per heavy atom. The lowest BCUT2D eigenvalue weighted by Gasteiger charge is -2.16. The minimum atomic E-state index is 0.198. The van der Waals surface area contributed by atoms with Gasteiger partial charge in [-0.05, 0) is 27.7 Å². The van der Waals surface area contributed by atoms with Crippen LogP contribution in [0, 0.1) is 13.8 Å². The van der Waals surface area contributed by atoms with Gasteiger partial charge in [0.05, 0.1) is 6.61 Å². The van der Waals surface area contributed by atoms with Gasteiger partial charge in [0.2, 0.25) is 0 Å². The maximum absolute atomic E-state index is 5.98. The molecular weight excluding hydrogens is 226 g/mol. The number of nitrogens with zero attached hydrogens (tertiary/aromatic N) is 2. The number of nitrogens with one attached hydrogen (secondary N) is 1. The van der Waals surface area contributed by atoms with Crippen LogP contribution in [0.5, 0.6) is 0 Å². The van der Waals surface area contributed by atoms with Crippen LogP contribution in [0.3, 0.4) is 0 Å². The lowest BCUT2D eigenvalue weighted by atomic mass is 10.3. The summed E-state index contributed by atoms with van der Waals surface area (Å²) in [6, 6.07) is 0.198. The van der Waals surface area contributed by atoms with E-state index in [1.165, 1.54) is 0 Å². The van der Waals surface area contributed by atoms with Gasteiger partial charge >= 0.3 is 0 Å². The quantitative estimate of drug-likeness (QED) is 0.808. The molecule has 0 saturated carbocycles. The predicted octanol–water partition coefficient (Wildman–Crippen LogP) is 2.58. The van der Waals surface area contributed by atoms with E-state index in [0.29, 0.717) is 24.2 Å². The number of ether oxygens (including phenoxy) is 1. The molecule has 4 nitrogen and oxygen atoms in total. The Morgan fingerprint density at radius 1 is 1.38 bits per heavy atom. The fourth-order valence-electron chi connectivity index (χ4n) is 1.30. The zero-order chi connectivity index (χ0) is 12.1. The Labute approximate surface area is 101 Å². The molecule has 0 fully saturated rings. The van der Waals surface area contributed by atoms with Crippen molar-refractivity contribution in [2.24, 2.45) is 0 Å². The molecule has 0 radical (unpaired) electrons. The Kier molecular flexibility index (Phi) is 4.96. The largest absolute Gasteiger partial charge is 0.380 e. The first-order valence-electron chi connectivity index (χ1n) is 5.39. The molecule has 1 N–H and O–H groups in total. The molecule has 16 heavy (non-hydrogen) atoms. The van der Waals surface area contributed by atoms with Crippen LogP contribution < -0.4 is 5.32 Å². The van der Waals surface area contributed by atoms with Crippen molar-refractivity contribution in [3.63, 3.8) is 0 Å². The molecule has 1 heterocycles. The highest BCUT2D eigenvalue weighted by atomic mass is 35.5. The van der Waals surface area contributed by atoms with Crippen LogP contribution in [0.1, 0.15) is 25.2 Å². The third-order valence-corrected chi connectivity index (χ3v) is 2.52. The smallest absolute Gasteiger partial charge is 0.137 e. The van der Waals surface area contributed by atoms with Gasteiger partial charge in [0.1, 0.15) is 16.8 Å². The van der Waals surface area contributed by atoms with E-state index in [0.717, 1.165) is 11.4 Å². The van der Waals surface area contributed by atoms with Crippen molar-refractivity contribution in [3.8, 4) is 0 Å². The number of aromatic nitrogens is 2. The van der Waals surface area contributed by atoms with Gasteiger partial charge in [0.15, 0.2) is 0 Å². The van der Waals surface area contributed by atoms with Gasteiger partial charge in [0, 0.05) is 18.2 Å². The lowest BCUT2D eigenvalue weighted by Crippen LogP contribution is -2.23. The second kappa shape index (κ2) is 6.01. The third kappa shape index (κ3) is 3.61. The van der Waals surface area contributed by atoms with Crippen LogP contribution in [0.2, 0.25) is 5.15 Å². The summed E-state index contributed by atoms with van der Waals surface area (Å²) in [4.78, 5) is 8.41. The van der Waals surface area contributed by atoms with Crippen molar-refractivity contribution >= 4 is 17.4 Å². The van der Waals surface area contributed by atoms with Crippen molar-refractivity contribution in [1.82, 2.24) is 9.97 Å². The number of halogens is 1. The topological polar surface area (TPSA) is 47.0 Å². The summed E-state index contributed by atoms with van der Waals surface area (Å²) in [7, 11) is 0. The predicted molar refractivity (Wildman–Crippen MR) is 66.1 cm³/mol. The summed E-state index contributed by atoms with van der Waals surface area (Å²) < 4.78 is 5.33. The van der Waals surface area contributed by atoms with E-state index in [9.17, 15) is 0 Å². The Hall–Kier alpha value is -0.870. The van der Waals surface area contributed by atoms with E-state index < -0.39 is 0 Å². The van der Waals surface area contributed by atoms with Crippen LogP contribution in [-0.4, -0.2) is 29.2 Å². The standard InChI is InChI=1S/C11H18ClN3O/c1-5-16-6-7(2)13-11-8(3)10(12)14-9(4)15-11/h7H,5-6H2,1-4H3,(H,13,14,15). The monoisotopic (exact) mass is 243 g/mol. The van der Waals surface area contributed by atoms with Crippen LogP contribution in [0.15, 0.2) is 0 Å². The zero-order valence-corrected chi connectivity index (χ0v) is 10.9. The highest BCUT2D eigenvalue weighted by Gasteiger charge is 2.09. The number of rotatable bonds is 5. The molecule has 0 aromatic carbocycles. The SMILES string of the molecule is CCOCC(C)Nc1nc(C)nc(Cl)c1C. The van der Waals surface area contributed by atoms with Crippen molar-refractivity contribution in [2.75, 3.05) is 18.5 Å². The molecule has 1 atom stereocenters. The first kappa shape index (κ1) is 13.2. The number of hydrogen-bond acceptors (Lipinski definition) is 4. The Bertz CT molecular complexity index is 357. The van der Waals surface area contributed by atoms with Gasteiger partial charge in [-0.2, -0.15) is 0 Å². The minimum absolute atomic E-state index is 0.198. The molecular formula is C11H18ClN3O. The van der Waals surface area contributed by atoms with E-state index in [1.807, 2.05) is 27.7 Å². The number of hydrogen-bond donors (Lipinski definition) is 1. The van der Waals surface area contributed by atoms with E-state index in [2.05, 4.69) is 15.3 Å². The Morgan fingerprint density at radius 2 is 2.06 bits per heavy atom. The van der Waals surface area contributed by atoms with Crippen molar-refractivity contribution in [2.45, 2.75) is 33.7 Å². The van der Waals surface area contributed by atoms with Crippen LogP contribution in [-0.2, 0) is 4.74 Å². The second-order valence-electron chi connectivity index (χ2n) is 3.74.